The molecule has 166 valence electrons. The van der Waals surface area contributed by atoms with Gasteiger partial charge in [0.25, 0.3) is 5.56 Å². The highest BCUT2D eigenvalue weighted by molar-refractivity contribution is 5.77. The van der Waals surface area contributed by atoms with E-state index in [0.717, 1.165) is 37.2 Å². The number of fused-ring (bicyclic) bond motifs is 3. The van der Waals surface area contributed by atoms with Gasteiger partial charge in [-0.15, -0.1) is 0 Å². The summed E-state index contributed by atoms with van der Waals surface area (Å²) >= 11 is 0. The number of aryl methyl sites for hydroxylation is 1. The second-order valence-corrected chi connectivity index (χ2v) is 8.34. The normalized spacial score (nSPS) is 16.0. The molecule has 0 saturated heterocycles. The lowest BCUT2D eigenvalue weighted by atomic mass is 10.1. The molecule has 8 heteroatoms. The zero-order valence-electron chi connectivity index (χ0n) is 18.8. The highest BCUT2D eigenvalue weighted by atomic mass is 16.5. The number of aromatic nitrogens is 4. The van der Waals surface area contributed by atoms with E-state index in [1.165, 1.54) is 9.13 Å². The van der Waals surface area contributed by atoms with Crippen molar-refractivity contribution in [3.63, 3.8) is 0 Å². The Bertz CT molecular complexity index is 1190. The molecule has 4 rings (SSSR count). The van der Waals surface area contributed by atoms with E-state index < -0.39 is 0 Å². The molecule has 0 radical (unpaired) electrons. The minimum Gasteiger partial charge on any atom is -0.494 e. The number of nitrogens with zero attached hydrogens (tertiary/aromatic N) is 5. The van der Waals surface area contributed by atoms with Crippen LogP contribution in [0, 0.1) is 5.92 Å². The van der Waals surface area contributed by atoms with Crippen LogP contribution in [0.25, 0.3) is 11.2 Å². The van der Waals surface area contributed by atoms with Crippen molar-refractivity contribution < 1.29 is 4.74 Å². The summed E-state index contributed by atoms with van der Waals surface area (Å²) in [5.41, 5.74) is 1.40. The van der Waals surface area contributed by atoms with E-state index in [9.17, 15) is 9.59 Å². The van der Waals surface area contributed by atoms with Crippen LogP contribution in [-0.2, 0) is 20.1 Å². The molecule has 3 aromatic rings. The average molecular weight is 426 g/mol. The topological polar surface area (TPSA) is 74.3 Å². The van der Waals surface area contributed by atoms with Crippen LogP contribution in [-0.4, -0.2) is 31.8 Å². The van der Waals surface area contributed by atoms with E-state index in [1.807, 2.05) is 35.8 Å². The van der Waals surface area contributed by atoms with Crippen LogP contribution >= 0.6 is 0 Å². The molecule has 3 heterocycles. The van der Waals surface area contributed by atoms with Crippen molar-refractivity contribution in [2.24, 2.45) is 13.0 Å². The van der Waals surface area contributed by atoms with Gasteiger partial charge < -0.3 is 14.2 Å². The van der Waals surface area contributed by atoms with Crippen molar-refractivity contribution in [3.05, 3.63) is 45.1 Å². The van der Waals surface area contributed by atoms with E-state index in [-0.39, 0.29) is 11.2 Å². The Balaban J connectivity index is 1.85. The van der Waals surface area contributed by atoms with E-state index in [2.05, 4.69) is 18.7 Å². The van der Waals surface area contributed by atoms with E-state index >= 15 is 0 Å². The predicted molar refractivity (Wildman–Crippen MR) is 123 cm³/mol. The van der Waals surface area contributed by atoms with Gasteiger partial charge in [0, 0.05) is 32.4 Å². The Morgan fingerprint density at radius 3 is 2.52 bits per heavy atom. The molecule has 0 saturated carbocycles. The molecule has 0 fully saturated rings. The maximum Gasteiger partial charge on any atom is 0.332 e. The molecule has 8 nitrogen and oxygen atoms in total. The molecule has 0 N–H and O–H groups in total. The summed E-state index contributed by atoms with van der Waals surface area (Å²) in [6.45, 7) is 8.77. The molecule has 0 amide bonds. The summed E-state index contributed by atoms with van der Waals surface area (Å²) in [7, 11) is 1.70. The summed E-state index contributed by atoms with van der Waals surface area (Å²) < 4.78 is 10.4. The third-order valence-electron chi connectivity index (χ3n) is 5.89. The Kier molecular flexibility index (Phi) is 5.89. The number of unbranched alkanes of at least 4 members (excludes halogenated alkanes) is 2. The molecule has 1 aliphatic heterocycles. The first-order valence-electron chi connectivity index (χ1n) is 11.2. The SMILES string of the molecule is CCCCCn1c(=O)c2c(nc3n2C[C@@H](C)CN3c2ccc(OCC)cc2)n(C)c1=O. The first-order valence-corrected chi connectivity index (χ1v) is 11.2. The highest BCUT2D eigenvalue weighted by Gasteiger charge is 2.29. The second kappa shape index (κ2) is 8.61. The summed E-state index contributed by atoms with van der Waals surface area (Å²) in [4.78, 5) is 33.1. The lowest BCUT2D eigenvalue weighted by molar-refractivity contribution is 0.340. The van der Waals surface area contributed by atoms with Gasteiger partial charge in [0.2, 0.25) is 5.95 Å². The van der Waals surface area contributed by atoms with E-state index in [0.29, 0.717) is 42.7 Å². The fraction of sp³-hybridized carbons (Fsp3) is 0.522. The fourth-order valence-electron chi connectivity index (χ4n) is 4.33. The number of anilines is 2. The van der Waals surface area contributed by atoms with Gasteiger partial charge in [0.15, 0.2) is 11.2 Å². The van der Waals surface area contributed by atoms with Gasteiger partial charge in [-0.3, -0.25) is 13.9 Å². The Morgan fingerprint density at radius 1 is 1.10 bits per heavy atom. The van der Waals surface area contributed by atoms with Gasteiger partial charge in [-0.05, 0) is 43.5 Å². The van der Waals surface area contributed by atoms with Crippen molar-refractivity contribution >= 4 is 22.8 Å². The van der Waals surface area contributed by atoms with Gasteiger partial charge in [0.1, 0.15) is 5.75 Å². The number of hydrogen-bond donors (Lipinski definition) is 0. The maximum atomic E-state index is 13.3. The van der Waals surface area contributed by atoms with Crippen molar-refractivity contribution in [3.8, 4) is 5.75 Å². The van der Waals surface area contributed by atoms with Crippen LogP contribution in [0.4, 0.5) is 11.6 Å². The zero-order valence-corrected chi connectivity index (χ0v) is 18.8. The lowest BCUT2D eigenvalue weighted by Crippen LogP contribution is -2.40. The number of rotatable bonds is 7. The van der Waals surface area contributed by atoms with Crippen LogP contribution < -0.4 is 20.9 Å². The Labute approximate surface area is 181 Å². The van der Waals surface area contributed by atoms with Crippen molar-refractivity contribution in [1.82, 2.24) is 18.7 Å². The quantitative estimate of drug-likeness (QED) is 0.543. The minimum atomic E-state index is -0.301. The third-order valence-corrected chi connectivity index (χ3v) is 5.89. The van der Waals surface area contributed by atoms with E-state index in [4.69, 9.17) is 9.72 Å². The lowest BCUT2D eigenvalue weighted by Gasteiger charge is -2.33. The van der Waals surface area contributed by atoms with Crippen LogP contribution in [0.3, 0.4) is 0 Å². The van der Waals surface area contributed by atoms with Gasteiger partial charge in [0.05, 0.1) is 6.61 Å². The number of ether oxygens (including phenoxy) is 1. The number of hydrogen-bond acceptors (Lipinski definition) is 5. The molecular formula is C23H31N5O3. The summed E-state index contributed by atoms with van der Waals surface area (Å²) in [5.74, 6) is 1.85. The van der Waals surface area contributed by atoms with Crippen LogP contribution in [0.1, 0.15) is 40.0 Å². The van der Waals surface area contributed by atoms with Crippen molar-refractivity contribution in [1.29, 1.82) is 0 Å². The minimum absolute atomic E-state index is 0.242. The highest BCUT2D eigenvalue weighted by Crippen LogP contribution is 2.33. The van der Waals surface area contributed by atoms with E-state index in [1.54, 1.807) is 7.05 Å². The zero-order chi connectivity index (χ0) is 22.1. The number of benzene rings is 1. The second-order valence-electron chi connectivity index (χ2n) is 8.34. The van der Waals surface area contributed by atoms with Gasteiger partial charge >= 0.3 is 5.69 Å². The average Bonchev–Trinajstić information content (AvgIpc) is 3.14. The first-order chi connectivity index (χ1) is 15.0. The van der Waals surface area contributed by atoms with Crippen LogP contribution in [0.15, 0.2) is 33.9 Å². The molecular weight excluding hydrogens is 394 g/mol. The van der Waals surface area contributed by atoms with Crippen molar-refractivity contribution in [2.75, 3.05) is 18.1 Å². The summed E-state index contributed by atoms with van der Waals surface area (Å²) in [5, 5.41) is 0. The molecule has 1 aliphatic rings. The molecule has 2 aromatic heterocycles. The summed E-state index contributed by atoms with van der Waals surface area (Å²) in [6.07, 6.45) is 2.83. The van der Waals surface area contributed by atoms with Crippen molar-refractivity contribution in [2.45, 2.75) is 53.1 Å². The van der Waals surface area contributed by atoms with Gasteiger partial charge in [-0.1, -0.05) is 26.7 Å². The fourth-order valence-corrected chi connectivity index (χ4v) is 4.33. The largest absolute Gasteiger partial charge is 0.494 e. The van der Waals surface area contributed by atoms with Crippen LogP contribution in [0.5, 0.6) is 5.75 Å². The monoisotopic (exact) mass is 425 g/mol. The molecule has 0 spiro atoms. The van der Waals surface area contributed by atoms with Crippen LogP contribution in [0.2, 0.25) is 0 Å². The molecule has 0 unspecified atom stereocenters. The van der Waals surface area contributed by atoms with Gasteiger partial charge in [-0.25, -0.2) is 4.79 Å². The molecule has 1 aromatic carbocycles. The van der Waals surface area contributed by atoms with Gasteiger partial charge in [-0.2, -0.15) is 4.98 Å². The summed E-state index contributed by atoms with van der Waals surface area (Å²) in [6, 6.07) is 7.91. The Morgan fingerprint density at radius 2 is 1.84 bits per heavy atom. The first kappa shape index (κ1) is 21.2. The Hall–Kier alpha value is -3.03. The molecule has 0 aliphatic carbocycles. The smallest absolute Gasteiger partial charge is 0.332 e. The third kappa shape index (κ3) is 3.75. The maximum absolute atomic E-state index is 13.3. The molecule has 1 atom stereocenters. The molecule has 31 heavy (non-hydrogen) atoms. The standard InChI is InChI=1S/C23H31N5O3/c1-5-7-8-13-26-21(29)19-20(25(4)23(26)30)24-22-27(14-16(3)15-28(19)22)17-9-11-18(12-10-17)31-6-2/h9-12,16H,5-8,13-15H2,1-4H3/t16-/m0/s1. The molecule has 0 bridgehead atoms. The number of imidazole rings is 1. The predicted octanol–water partition coefficient (Wildman–Crippen LogP) is 3.27.